The first-order valence-electron chi connectivity index (χ1n) is 4.29. The molecule has 0 saturated carbocycles. The fourth-order valence-corrected chi connectivity index (χ4v) is 1.70. The van der Waals surface area contributed by atoms with Gasteiger partial charge < -0.3 is 15.8 Å². The minimum Gasteiger partial charge on any atom is -0.493 e. The Labute approximate surface area is 98.3 Å². The highest BCUT2D eigenvalue weighted by molar-refractivity contribution is 9.10. The number of hydrogen-bond acceptors (Lipinski definition) is 3. The number of amides is 2. The molecule has 0 aliphatic rings. The first-order chi connectivity index (χ1) is 7.58. The second-order valence-corrected chi connectivity index (χ2v) is 3.97. The maximum atomic E-state index is 10.5. The van der Waals surface area contributed by atoms with Gasteiger partial charge in [-0.2, -0.15) is 0 Å². The predicted octanol–water partition coefficient (Wildman–Crippen LogP) is 2.80. The van der Waals surface area contributed by atoms with Gasteiger partial charge in [-0.25, -0.2) is 4.79 Å². The molecule has 0 unspecified atom stereocenters. The van der Waals surface area contributed by atoms with E-state index in [0.29, 0.717) is 10.9 Å². The van der Waals surface area contributed by atoms with Crippen molar-refractivity contribution in [1.82, 2.24) is 4.98 Å². The summed E-state index contributed by atoms with van der Waals surface area (Å²) in [7, 11) is 0. The van der Waals surface area contributed by atoms with Crippen molar-refractivity contribution in [2.45, 2.75) is 0 Å². The quantitative estimate of drug-likeness (QED) is 0.700. The summed E-state index contributed by atoms with van der Waals surface area (Å²) in [5, 5.41) is 17.0. The topological polar surface area (TPSA) is 104 Å². The van der Waals surface area contributed by atoms with Crippen LogP contribution in [0.15, 0.2) is 32.9 Å². The number of benzene rings is 1. The number of urea groups is 1. The molecule has 1 aromatic carbocycles. The lowest BCUT2D eigenvalue weighted by atomic mass is 10.2. The molecule has 16 heavy (non-hydrogen) atoms. The van der Waals surface area contributed by atoms with E-state index in [-0.39, 0.29) is 11.6 Å². The molecule has 0 aliphatic carbocycles. The highest BCUT2D eigenvalue weighted by Crippen LogP contribution is 2.36. The molecule has 0 fully saturated rings. The number of aromatic nitrogens is 1. The lowest BCUT2D eigenvalue weighted by molar-refractivity contribution is 0.255. The Morgan fingerprint density at radius 3 is 2.94 bits per heavy atom. The molecule has 1 aromatic heterocycles. The zero-order valence-electron chi connectivity index (χ0n) is 7.94. The van der Waals surface area contributed by atoms with E-state index in [4.69, 9.17) is 5.73 Å². The number of carbonyl (C=O) groups excluding carboxylic acids is 1. The monoisotopic (exact) mass is 282 g/mol. The van der Waals surface area contributed by atoms with E-state index < -0.39 is 6.03 Å². The number of H-pyrrole nitrogens is 1. The van der Waals surface area contributed by atoms with E-state index in [2.05, 4.69) is 31.1 Å². The largest absolute Gasteiger partial charge is 0.493 e. The molecule has 0 bridgehead atoms. The Hall–Kier alpha value is -1.89. The molecule has 4 N–H and O–H groups in total. The Bertz CT molecular complexity index is 590. The number of aromatic amines is 1. The van der Waals surface area contributed by atoms with Crippen LogP contribution in [0.1, 0.15) is 0 Å². The number of halogens is 1. The van der Waals surface area contributed by atoms with Crippen LogP contribution in [-0.2, 0) is 0 Å². The van der Waals surface area contributed by atoms with Gasteiger partial charge >= 0.3 is 6.03 Å². The molecule has 82 valence electrons. The molecule has 0 saturated heterocycles. The van der Waals surface area contributed by atoms with Gasteiger partial charge in [0.2, 0.25) is 5.88 Å². The first kappa shape index (κ1) is 10.6. The summed E-state index contributed by atoms with van der Waals surface area (Å²) in [5.41, 5.74) is 5.72. The minimum absolute atomic E-state index is 0.155. The van der Waals surface area contributed by atoms with E-state index in [0.717, 1.165) is 4.47 Å². The van der Waals surface area contributed by atoms with Crippen LogP contribution >= 0.6 is 15.9 Å². The van der Waals surface area contributed by atoms with Crippen molar-refractivity contribution in [3.63, 3.8) is 0 Å². The van der Waals surface area contributed by atoms with Crippen molar-refractivity contribution in [2.75, 3.05) is 0 Å². The number of aromatic hydroxyl groups is 1. The number of nitrogens with two attached hydrogens (primary N) is 1. The van der Waals surface area contributed by atoms with Crippen molar-refractivity contribution < 1.29 is 9.90 Å². The van der Waals surface area contributed by atoms with Gasteiger partial charge in [0, 0.05) is 9.86 Å². The van der Waals surface area contributed by atoms with Crippen molar-refractivity contribution >= 4 is 38.6 Å². The molecule has 2 aromatic rings. The molecule has 6 nitrogen and oxygen atoms in total. The van der Waals surface area contributed by atoms with Crippen LogP contribution in [0.3, 0.4) is 0 Å². The maximum absolute atomic E-state index is 10.5. The first-order valence-corrected chi connectivity index (χ1v) is 5.08. The molecular formula is C9H7BrN4O2. The minimum atomic E-state index is -0.913. The van der Waals surface area contributed by atoms with Gasteiger partial charge in [0.15, 0.2) is 5.69 Å². The number of nitrogens with zero attached hydrogens (tertiary/aromatic N) is 2. The Kier molecular flexibility index (Phi) is 2.61. The number of rotatable bonds is 1. The third-order valence-corrected chi connectivity index (χ3v) is 2.46. The molecule has 0 aliphatic heterocycles. The van der Waals surface area contributed by atoms with Crippen molar-refractivity contribution in [3.05, 3.63) is 22.7 Å². The fraction of sp³-hybridized carbons (Fsp3) is 0. The second kappa shape index (κ2) is 3.93. The number of azo groups is 1. The van der Waals surface area contributed by atoms with Crippen LogP contribution in [0.4, 0.5) is 10.5 Å². The van der Waals surface area contributed by atoms with Crippen LogP contribution in [-0.4, -0.2) is 16.1 Å². The van der Waals surface area contributed by atoms with Crippen molar-refractivity contribution in [3.8, 4) is 5.88 Å². The van der Waals surface area contributed by atoms with E-state index in [1.807, 2.05) is 6.07 Å². The van der Waals surface area contributed by atoms with Gasteiger partial charge in [-0.3, -0.25) is 0 Å². The molecular weight excluding hydrogens is 276 g/mol. The summed E-state index contributed by atoms with van der Waals surface area (Å²) < 4.78 is 0.828. The molecule has 2 amide bonds. The number of carbonyl (C=O) groups is 1. The highest BCUT2D eigenvalue weighted by Gasteiger charge is 2.10. The zero-order chi connectivity index (χ0) is 11.7. The molecule has 0 radical (unpaired) electrons. The SMILES string of the molecule is NC(=O)N=Nc1c(O)[nH]c2ccc(Br)cc12. The molecule has 0 atom stereocenters. The van der Waals surface area contributed by atoms with Crippen LogP contribution in [0.5, 0.6) is 5.88 Å². The van der Waals surface area contributed by atoms with Gasteiger partial charge in [0.25, 0.3) is 0 Å². The van der Waals surface area contributed by atoms with Gasteiger partial charge in [-0.15, -0.1) is 5.11 Å². The van der Waals surface area contributed by atoms with Crippen LogP contribution in [0, 0.1) is 0 Å². The van der Waals surface area contributed by atoms with E-state index in [1.54, 1.807) is 12.1 Å². The summed E-state index contributed by atoms with van der Waals surface area (Å²) in [6, 6.07) is 4.42. The number of fused-ring (bicyclic) bond motifs is 1. The average Bonchev–Trinajstić information content (AvgIpc) is 2.51. The fourth-order valence-electron chi connectivity index (χ4n) is 1.34. The van der Waals surface area contributed by atoms with Crippen molar-refractivity contribution in [1.29, 1.82) is 0 Å². The van der Waals surface area contributed by atoms with E-state index >= 15 is 0 Å². The normalized spacial score (nSPS) is 11.3. The lowest BCUT2D eigenvalue weighted by Gasteiger charge is -1.92. The van der Waals surface area contributed by atoms with Gasteiger partial charge in [-0.05, 0) is 18.2 Å². The van der Waals surface area contributed by atoms with Gasteiger partial charge in [0.1, 0.15) is 0 Å². The third kappa shape index (κ3) is 1.89. The second-order valence-electron chi connectivity index (χ2n) is 3.05. The molecule has 2 rings (SSSR count). The number of hydrogen-bond donors (Lipinski definition) is 3. The smallest absolute Gasteiger partial charge is 0.356 e. The summed E-state index contributed by atoms with van der Waals surface area (Å²) >= 11 is 3.30. The molecule has 1 heterocycles. The van der Waals surface area contributed by atoms with Gasteiger partial charge in [0.05, 0.1) is 5.52 Å². The van der Waals surface area contributed by atoms with E-state index in [9.17, 15) is 9.90 Å². The molecule has 7 heteroatoms. The zero-order valence-corrected chi connectivity index (χ0v) is 9.52. The molecule has 0 spiro atoms. The highest BCUT2D eigenvalue weighted by atomic mass is 79.9. The van der Waals surface area contributed by atoms with Crippen LogP contribution in [0.25, 0.3) is 10.9 Å². The Balaban J connectivity index is 2.62. The number of primary amides is 1. The standard InChI is InChI=1S/C9H7BrN4O2/c10-4-1-2-6-5(3-4)7(8(15)12-6)13-14-9(11)16/h1-3,12,15H,(H2,11,16). The van der Waals surface area contributed by atoms with Crippen LogP contribution in [0.2, 0.25) is 0 Å². The number of nitrogens with one attached hydrogen (secondary N) is 1. The Morgan fingerprint density at radius 2 is 2.25 bits per heavy atom. The van der Waals surface area contributed by atoms with Gasteiger partial charge in [-0.1, -0.05) is 21.0 Å². The van der Waals surface area contributed by atoms with Crippen LogP contribution < -0.4 is 5.73 Å². The summed E-state index contributed by atoms with van der Waals surface area (Å²) in [5.74, 6) is -0.155. The lowest BCUT2D eigenvalue weighted by Crippen LogP contribution is -2.01. The average molecular weight is 283 g/mol. The Morgan fingerprint density at radius 1 is 1.50 bits per heavy atom. The third-order valence-electron chi connectivity index (χ3n) is 1.96. The summed E-state index contributed by atoms with van der Waals surface area (Å²) in [6.45, 7) is 0. The van der Waals surface area contributed by atoms with E-state index in [1.165, 1.54) is 0 Å². The van der Waals surface area contributed by atoms with Crippen molar-refractivity contribution in [2.24, 2.45) is 16.0 Å². The predicted molar refractivity (Wildman–Crippen MR) is 61.8 cm³/mol. The summed E-state index contributed by atoms with van der Waals surface area (Å²) in [6.07, 6.45) is 0. The maximum Gasteiger partial charge on any atom is 0.356 e. The summed E-state index contributed by atoms with van der Waals surface area (Å²) in [4.78, 5) is 13.2.